The maximum absolute atomic E-state index is 11.1. The van der Waals surface area contributed by atoms with Gasteiger partial charge in [-0.05, 0) is 54.3 Å². The lowest BCUT2D eigenvalue weighted by Crippen LogP contribution is -2.48. The number of aliphatic hydroxyl groups is 1. The Bertz CT molecular complexity index is 859. The molecule has 2 aliphatic rings. The maximum atomic E-state index is 11.1. The SMILES string of the molecule is [2H]C([2H])([2H])Oc1cc2c(cc1OC)C1([2H])N(CC2)CC([2H])(CC(C)C)C([2H])(O)C1([2H])[2H]. The lowest BCUT2D eigenvalue weighted by atomic mass is 9.79. The van der Waals surface area contributed by atoms with Crippen molar-refractivity contribution in [3.8, 4) is 11.5 Å². The number of piperidine rings is 1. The Kier molecular flexibility index (Phi) is 2.70. The molecule has 23 heavy (non-hydrogen) atoms. The van der Waals surface area contributed by atoms with E-state index in [1.54, 1.807) is 0 Å². The van der Waals surface area contributed by atoms with Crippen molar-refractivity contribution in [2.45, 2.75) is 45.2 Å². The van der Waals surface area contributed by atoms with Crippen LogP contribution in [0.4, 0.5) is 0 Å². The molecule has 2 heterocycles. The monoisotopic (exact) mass is 327 g/mol. The lowest BCUT2D eigenvalue weighted by Gasteiger charge is -2.46. The summed E-state index contributed by atoms with van der Waals surface area (Å²) in [6.45, 7) is 3.74. The van der Waals surface area contributed by atoms with Gasteiger partial charge in [-0.1, -0.05) is 13.8 Å². The summed E-state index contributed by atoms with van der Waals surface area (Å²) in [5.74, 6) is -1.93. The highest BCUT2D eigenvalue weighted by atomic mass is 16.5. The van der Waals surface area contributed by atoms with Crippen molar-refractivity contribution in [2.75, 3.05) is 27.2 Å². The molecule has 0 bridgehead atoms. The molecule has 0 amide bonds. The van der Waals surface area contributed by atoms with Crippen LogP contribution in [0, 0.1) is 11.8 Å². The summed E-state index contributed by atoms with van der Waals surface area (Å²) in [4.78, 5) is 1.50. The third-order valence-electron chi connectivity index (χ3n) is 4.33. The van der Waals surface area contributed by atoms with E-state index < -0.39 is 31.4 Å². The summed E-state index contributed by atoms with van der Waals surface area (Å²) in [6, 6.07) is 0.594. The Morgan fingerprint density at radius 2 is 2.22 bits per heavy atom. The fourth-order valence-corrected chi connectivity index (χ4v) is 3.27. The van der Waals surface area contributed by atoms with Crippen LogP contribution in [0.1, 0.15) is 54.8 Å². The number of nitrogens with zero attached hydrogens (tertiary/aromatic N) is 1. The molecule has 3 atom stereocenters. The predicted octanol–water partition coefficient (Wildman–Crippen LogP) is 3.03. The average Bonchev–Trinajstić information content (AvgIpc) is 2.60. The van der Waals surface area contributed by atoms with Gasteiger partial charge in [-0.3, -0.25) is 4.90 Å². The van der Waals surface area contributed by atoms with Crippen molar-refractivity contribution in [3.05, 3.63) is 23.3 Å². The van der Waals surface area contributed by atoms with Gasteiger partial charge in [0, 0.05) is 23.2 Å². The van der Waals surface area contributed by atoms with E-state index in [9.17, 15) is 6.48 Å². The number of ether oxygens (including phenoxy) is 2. The molecule has 1 saturated heterocycles. The molecule has 3 unspecified atom stereocenters. The quantitative estimate of drug-likeness (QED) is 0.923. The third kappa shape index (κ3) is 3.20. The summed E-state index contributed by atoms with van der Waals surface area (Å²) < 4.78 is 76.3. The maximum Gasteiger partial charge on any atom is 0.161 e. The molecule has 1 N–H and O–H groups in total. The van der Waals surface area contributed by atoms with Gasteiger partial charge in [-0.2, -0.15) is 0 Å². The van der Waals surface area contributed by atoms with Crippen LogP contribution in [0.2, 0.25) is 0 Å². The van der Waals surface area contributed by atoms with E-state index in [2.05, 4.69) is 0 Å². The first kappa shape index (κ1) is 9.28. The van der Waals surface area contributed by atoms with Crippen molar-refractivity contribution < 1.29 is 25.5 Å². The smallest absolute Gasteiger partial charge is 0.161 e. The Hall–Kier alpha value is -1.26. The molecule has 1 fully saturated rings. The third-order valence-corrected chi connectivity index (χ3v) is 4.33. The van der Waals surface area contributed by atoms with Crippen LogP contribution < -0.4 is 9.47 Å². The highest BCUT2D eigenvalue weighted by Gasteiger charge is 2.38. The van der Waals surface area contributed by atoms with E-state index in [0.29, 0.717) is 12.0 Å². The molecule has 0 spiro atoms. The molecule has 4 nitrogen and oxygen atoms in total. The molecule has 0 saturated carbocycles. The lowest BCUT2D eigenvalue weighted by molar-refractivity contribution is -0.0191. The molecule has 1 aromatic carbocycles. The standard InChI is InChI=1S/C19H29NO3/c1-12(2)7-14-11-20-6-5-13-8-18(22-3)19(23-4)9-15(13)16(20)10-17(14)21/h8-9,12,14,16-17,21H,5-7,10-11H2,1-4H3/i3D3,10D2,14D,16D,17D. The van der Waals surface area contributed by atoms with Gasteiger partial charge in [0.2, 0.25) is 0 Å². The highest BCUT2D eigenvalue weighted by molar-refractivity contribution is 5.49. The summed E-state index contributed by atoms with van der Waals surface area (Å²) in [6.07, 6.45) is -5.25. The second-order valence-corrected chi connectivity index (χ2v) is 6.46. The summed E-state index contributed by atoms with van der Waals surface area (Å²) in [5.41, 5.74) is 0.642. The topological polar surface area (TPSA) is 41.9 Å². The van der Waals surface area contributed by atoms with E-state index in [1.165, 1.54) is 24.1 Å². The van der Waals surface area contributed by atoms with E-state index in [4.69, 9.17) is 19.1 Å². The fraction of sp³-hybridized carbons (Fsp3) is 0.684. The normalized spacial score (nSPS) is 44.9. The first-order chi connectivity index (χ1) is 14.0. The number of hydrogen-bond acceptors (Lipinski definition) is 4. The van der Waals surface area contributed by atoms with Crippen LogP contribution in [0.3, 0.4) is 0 Å². The average molecular weight is 327 g/mol. The second kappa shape index (κ2) is 6.70. The molecule has 0 radical (unpaired) electrons. The molecule has 4 heteroatoms. The molecule has 0 aromatic heterocycles. The number of rotatable bonds is 4. The van der Waals surface area contributed by atoms with Crippen molar-refractivity contribution >= 4 is 0 Å². The number of fused-ring (bicyclic) bond motifs is 3. The van der Waals surface area contributed by atoms with E-state index >= 15 is 0 Å². The molecule has 3 rings (SSSR count). The number of methoxy groups -OCH3 is 2. The second-order valence-electron chi connectivity index (χ2n) is 6.46. The zero-order valence-corrected chi connectivity index (χ0v) is 13.8. The Morgan fingerprint density at radius 1 is 1.43 bits per heavy atom. The van der Waals surface area contributed by atoms with E-state index in [1.807, 2.05) is 13.8 Å². The Morgan fingerprint density at radius 3 is 2.91 bits per heavy atom. The van der Waals surface area contributed by atoms with Crippen LogP contribution in [-0.4, -0.2) is 43.3 Å². The van der Waals surface area contributed by atoms with Gasteiger partial charge < -0.3 is 14.6 Å². The van der Waals surface area contributed by atoms with Crippen molar-refractivity contribution in [1.82, 2.24) is 4.90 Å². The molecule has 1 aromatic rings. The van der Waals surface area contributed by atoms with Crippen molar-refractivity contribution in [1.29, 1.82) is 0 Å². The van der Waals surface area contributed by atoms with Gasteiger partial charge in [-0.25, -0.2) is 0 Å². The van der Waals surface area contributed by atoms with Gasteiger partial charge >= 0.3 is 0 Å². The molecule has 0 aliphatic carbocycles. The van der Waals surface area contributed by atoms with Gasteiger partial charge in [0.05, 0.1) is 27.1 Å². The zero-order valence-electron chi connectivity index (χ0n) is 21.8. The number of benzene rings is 1. The summed E-state index contributed by atoms with van der Waals surface area (Å²) in [5, 5.41) is 11.1. The Balaban J connectivity index is 2.18. The van der Waals surface area contributed by atoms with E-state index in [0.717, 1.165) is 0 Å². The van der Waals surface area contributed by atoms with E-state index in [-0.39, 0.29) is 42.5 Å². The first-order valence-corrected chi connectivity index (χ1v) is 7.88. The molecular weight excluding hydrogens is 290 g/mol. The van der Waals surface area contributed by atoms with Crippen LogP contribution in [0.5, 0.6) is 11.5 Å². The minimum atomic E-state index is -2.86. The Labute approximate surface area is 150 Å². The van der Waals surface area contributed by atoms with Gasteiger partial charge in [-0.15, -0.1) is 0 Å². The van der Waals surface area contributed by atoms with Crippen molar-refractivity contribution in [3.63, 3.8) is 0 Å². The fourth-order valence-electron chi connectivity index (χ4n) is 3.27. The zero-order chi connectivity index (χ0) is 23.6. The highest BCUT2D eigenvalue weighted by Crippen LogP contribution is 2.43. The van der Waals surface area contributed by atoms with Crippen molar-refractivity contribution in [2.24, 2.45) is 11.8 Å². The largest absolute Gasteiger partial charge is 0.493 e. The van der Waals surface area contributed by atoms with Gasteiger partial charge in [0.15, 0.2) is 11.5 Å². The van der Waals surface area contributed by atoms with Crippen LogP contribution in [0.15, 0.2) is 12.1 Å². The molecule has 128 valence electrons. The van der Waals surface area contributed by atoms with Crippen LogP contribution in [-0.2, 0) is 6.42 Å². The summed E-state index contributed by atoms with van der Waals surface area (Å²) in [7, 11) is -1.41. The predicted molar refractivity (Wildman–Crippen MR) is 91.1 cm³/mol. The number of hydrogen-bond donors (Lipinski definition) is 1. The molecule has 2 aliphatic heterocycles. The minimum Gasteiger partial charge on any atom is -0.493 e. The summed E-state index contributed by atoms with van der Waals surface area (Å²) >= 11 is 0. The minimum absolute atomic E-state index is 0.0116. The van der Waals surface area contributed by atoms with Gasteiger partial charge in [0.1, 0.15) is 0 Å². The first-order valence-electron chi connectivity index (χ1n) is 11.9. The molecular formula is C19H29NO3. The van der Waals surface area contributed by atoms with Crippen LogP contribution >= 0.6 is 0 Å². The van der Waals surface area contributed by atoms with Gasteiger partial charge in [0.25, 0.3) is 0 Å². The van der Waals surface area contributed by atoms with Crippen LogP contribution in [0.25, 0.3) is 0 Å².